The number of hydrogen-bond acceptors (Lipinski definition) is 3. The molecule has 0 spiro atoms. The van der Waals surface area contributed by atoms with E-state index in [0.29, 0.717) is 11.6 Å². The molecule has 1 aliphatic rings. The fourth-order valence-corrected chi connectivity index (χ4v) is 3.54. The maximum absolute atomic E-state index is 12.1. The Morgan fingerprint density at radius 2 is 2.00 bits per heavy atom. The quantitative estimate of drug-likeness (QED) is 0.884. The van der Waals surface area contributed by atoms with Crippen molar-refractivity contribution in [2.45, 2.75) is 23.8 Å². The van der Waals surface area contributed by atoms with Crippen molar-refractivity contribution in [1.82, 2.24) is 10.0 Å². The van der Waals surface area contributed by atoms with Gasteiger partial charge in [0.1, 0.15) is 0 Å². The zero-order valence-corrected chi connectivity index (χ0v) is 13.2. The maximum Gasteiger partial charge on any atom is 0.240 e. The number of piperidine rings is 1. The molecule has 0 aromatic heterocycles. The van der Waals surface area contributed by atoms with E-state index >= 15 is 0 Å². The van der Waals surface area contributed by atoms with Gasteiger partial charge in [-0.1, -0.05) is 23.2 Å². The lowest BCUT2D eigenvalue weighted by Gasteiger charge is -2.23. The highest BCUT2D eigenvalue weighted by molar-refractivity contribution is 7.89. The summed E-state index contributed by atoms with van der Waals surface area (Å²) in [6.07, 6.45) is 1.81. The molecule has 0 bridgehead atoms. The van der Waals surface area contributed by atoms with Gasteiger partial charge >= 0.3 is 0 Å². The van der Waals surface area contributed by atoms with Gasteiger partial charge in [0.05, 0.1) is 14.9 Å². The molecule has 4 nitrogen and oxygen atoms in total. The van der Waals surface area contributed by atoms with Gasteiger partial charge in [-0.2, -0.15) is 0 Å². The molecular formula is C11H15Cl3N2O2S. The minimum Gasteiger partial charge on any atom is -0.315 e. The van der Waals surface area contributed by atoms with Crippen LogP contribution in [0.4, 0.5) is 0 Å². The number of halogens is 3. The molecule has 108 valence electrons. The van der Waals surface area contributed by atoms with E-state index in [-0.39, 0.29) is 28.4 Å². The van der Waals surface area contributed by atoms with Crippen LogP contribution in [0.5, 0.6) is 0 Å². The third-order valence-corrected chi connectivity index (χ3v) is 5.08. The average Bonchev–Trinajstić information content (AvgIpc) is 2.33. The molecule has 1 fully saturated rings. The minimum absolute atomic E-state index is 0. The monoisotopic (exact) mass is 344 g/mol. The summed E-state index contributed by atoms with van der Waals surface area (Å²) in [4.78, 5) is 0.141. The van der Waals surface area contributed by atoms with Crippen LogP contribution in [0.2, 0.25) is 10.0 Å². The third kappa shape index (κ3) is 4.48. The lowest BCUT2D eigenvalue weighted by atomic mass is 10.1. The fourth-order valence-electron chi connectivity index (χ4n) is 1.88. The number of hydrogen-bond donors (Lipinski definition) is 2. The van der Waals surface area contributed by atoms with E-state index in [4.69, 9.17) is 23.2 Å². The molecule has 1 atom stereocenters. The van der Waals surface area contributed by atoms with E-state index in [0.717, 1.165) is 19.4 Å². The van der Waals surface area contributed by atoms with Crippen molar-refractivity contribution in [2.75, 3.05) is 13.1 Å². The zero-order chi connectivity index (χ0) is 13.2. The number of benzene rings is 1. The molecule has 1 aromatic rings. The third-order valence-electron chi connectivity index (χ3n) is 2.82. The van der Waals surface area contributed by atoms with Gasteiger partial charge in [-0.25, -0.2) is 13.1 Å². The summed E-state index contributed by atoms with van der Waals surface area (Å²) in [5.74, 6) is 0. The van der Waals surface area contributed by atoms with Gasteiger partial charge in [-0.15, -0.1) is 12.4 Å². The summed E-state index contributed by atoms with van der Waals surface area (Å²) in [5.41, 5.74) is 0. The van der Waals surface area contributed by atoms with Crippen molar-refractivity contribution in [1.29, 1.82) is 0 Å². The molecule has 8 heteroatoms. The maximum atomic E-state index is 12.1. The first-order valence-electron chi connectivity index (χ1n) is 5.67. The zero-order valence-electron chi connectivity index (χ0n) is 10.0. The van der Waals surface area contributed by atoms with E-state index in [1.165, 1.54) is 18.2 Å². The van der Waals surface area contributed by atoms with Crippen LogP contribution in [0.3, 0.4) is 0 Å². The lowest BCUT2D eigenvalue weighted by molar-refractivity contribution is 0.428. The fraction of sp³-hybridized carbons (Fsp3) is 0.455. The van der Waals surface area contributed by atoms with Crippen LogP contribution < -0.4 is 10.0 Å². The van der Waals surface area contributed by atoms with Crippen LogP contribution >= 0.6 is 35.6 Å². The molecule has 0 aliphatic carbocycles. The minimum atomic E-state index is -3.53. The summed E-state index contributed by atoms with van der Waals surface area (Å²) in [5, 5.41) is 3.74. The van der Waals surface area contributed by atoms with Gasteiger partial charge in [0.25, 0.3) is 0 Å². The molecule has 1 heterocycles. The molecule has 0 amide bonds. The second-order valence-electron chi connectivity index (χ2n) is 4.24. The number of sulfonamides is 1. The molecule has 2 rings (SSSR count). The van der Waals surface area contributed by atoms with Crippen LogP contribution in [-0.4, -0.2) is 27.5 Å². The van der Waals surface area contributed by atoms with Gasteiger partial charge < -0.3 is 5.32 Å². The Hall–Kier alpha value is -0.0400. The van der Waals surface area contributed by atoms with Crippen LogP contribution in [0.1, 0.15) is 12.8 Å². The SMILES string of the molecule is Cl.O=S(=O)(N[C@H]1CCCNC1)c1ccc(Cl)c(Cl)c1. The molecule has 1 saturated heterocycles. The van der Waals surface area contributed by atoms with Gasteiger partial charge in [-0.05, 0) is 37.6 Å². The van der Waals surface area contributed by atoms with E-state index in [1.807, 2.05) is 0 Å². The van der Waals surface area contributed by atoms with Gasteiger partial charge in [0.2, 0.25) is 10.0 Å². The predicted molar refractivity (Wildman–Crippen MR) is 79.9 cm³/mol. The van der Waals surface area contributed by atoms with Crippen molar-refractivity contribution in [2.24, 2.45) is 0 Å². The van der Waals surface area contributed by atoms with Gasteiger partial charge in [0, 0.05) is 12.6 Å². The standard InChI is InChI=1S/C11H14Cl2N2O2S.ClH/c12-10-4-3-9(6-11(10)13)18(16,17)15-8-2-1-5-14-7-8;/h3-4,6,8,14-15H,1-2,5,7H2;1H/t8-;/m0./s1. The second kappa shape index (κ2) is 7.11. The summed E-state index contributed by atoms with van der Waals surface area (Å²) in [6.45, 7) is 1.59. The van der Waals surface area contributed by atoms with Gasteiger partial charge in [-0.3, -0.25) is 0 Å². The Kier molecular flexibility index (Phi) is 6.36. The van der Waals surface area contributed by atoms with E-state index < -0.39 is 10.0 Å². The highest BCUT2D eigenvalue weighted by Gasteiger charge is 2.22. The summed E-state index contributed by atoms with van der Waals surface area (Å²) >= 11 is 11.6. The Bertz CT molecular complexity index is 531. The first-order chi connectivity index (χ1) is 8.49. The first kappa shape index (κ1) is 17.0. The number of rotatable bonds is 3. The highest BCUT2D eigenvalue weighted by Crippen LogP contribution is 2.25. The number of nitrogens with one attached hydrogen (secondary N) is 2. The van der Waals surface area contributed by atoms with Crippen molar-refractivity contribution in [3.05, 3.63) is 28.2 Å². The average molecular weight is 346 g/mol. The topological polar surface area (TPSA) is 58.2 Å². The Morgan fingerprint density at radius 3 is 2.58 bits per heavy atom. The molecule has 2 N–H and O–H groups in total. The molecule has 1 aromatic carbocycles. The van der Waals surface area contributed by atoms with E-state index in [1.54, 1.807) is 0 Å². The van der Waals surface area contributed by atoms with Crippen LogP contribution in [0.15, 0.2) is 23.1 Å². The van der Waals surface area contributed by atoms with Crippen molar-refractivity contribution >= 4 is 45.6 Å². The summed E-state index contributed by atoms with van der Waals surface area (Å²) in [6, 6.07) is 4.23. The summed E-state index contributed by atoms with van der Waals surface area (Å²) < 4.78 is 26.9. The van der Waals surface area contributed by atoms with E-state index in [2.05, 4.69) is 10.0 Å². The lowest BCUT2D eigenvalue weighted by Crippen LogP contribution is -2.45. The van der Waals surface area contributed by atoms with Crippen LogP contribution in [0, 0.1) is 0 Å². The van der Waals surface area contributed by atoms with Crippen LogP contribution in [0.25, 0.3) is 0 Å². The van der Waals surface area contributed by atoms with Crippen LogP contribution in [-0.2, 0) is 10.0 Å². The van der Waals surface area contributed by atoms with Crippen molar-refractivity contribution in [3.63, 3.8) is 0 Å². The molecule has 0 unspecified atom stereocenters. The van der Waals surface area contributed by atoms with Gasteiger partial charge in [0.15, 0.2) is 0 Å². The summed E-state index contributed by atoms with van der Waals surface area (Å²) in [7, 11) is -3.53. The largest absolute Gasteiger partial charge is 0.315 e. The normalized spacial score (nSPS) is 19.8. The first-order valence-corrected chi connectivity index (χ1v) is 7.91. The highest BCUT2D eigenvalue weighted by atomic mass is 35.5. The van der Waals surface area contributed by atoms with E-state index in [9.17, 15) is 8.42 Å². The molecular weight excluding hydrogens is 331 g/mol. The molecule has 0 saturated carbocycles. The van der Waals surface area contributed by atoms with Crippen molar-refractivity contribution < 1.29 is 8.42 Å². The molecule has 0 radical (unpaired) electrons. The predicted octanol–water partition coefficient (Wildman–Crippen LogP) is 2.45. The molecule has 19 heavy (non-hydrogen) atoms. The van der Waals surface area contributed by atoms with Crippen molar-refractivity contribution in [3.8, 4) is 0 Å². The Morgan fingerprint density at radius 1 is 1.26 bits per heavy atom. The molecule has 1 aliphatic heterocycles. The Balaban J connectivity index is 0.00000180. The Labute approximate surface area is 129 Å². The smallest absolute Gasteiger partial charge is 0.240 e. The second-order valence-corrected chi connectivity index (χ2v) is 6.77.